The number of benzene rings is 1. The van der Waals surface area contributed by atoms with Gasteiger partial charge in [-0.05, 0) is 25.1 Å². The Morgan fingerprint density at radius 1 is 1.35 bits per heavy atom. The number of alkyl carbamates (subject to hydrolysis) is 1. The van der Waals surface area contributed by atoms with Crippen molar-refractivity contribution in [3.8, 4) is 0 Å². The molecular weight excluding hydrogens is 378 g/mol. The summed E-state index contributed by atoms with van der Waals surface area (Å²) in [5.74, 6) is -0.113. The molecule has 0 bridgehead atoms. The zero-order chi connectivity index (χ0) is 18.7. The van der Waals surface area contributed by atoms with Crippen LogP contribution in [0.3, 0.4) is 0 Å². The molecule has 26 heavy (non-hydrogen) atoms. The van der Waals surface area contributed by atoms with E-state index in [0.29, 0.717) is 43.0 Å². The van der Waals surface area contributed by atoms with Gasteiger partial charge in [0.05, 0.1) is 10.2 Å². The number of piperidine rings is 1. The van der Waals surface area contributed by atoms with Crippen molar-refractivity contribution >= 4 is 45.2 Å². The van der Waals surface area contributed by atoms with Gasteiger partial charge in [0.2, 0.25) is 5.91 Å². The molecule has 1 fully saturated rings. The summed E-state index contributed by atoms with van der Waals surface area (Å²) in [5.41, 5.74) is 0.715. The molecule has 1 saturated heterocycles. The van der Waals surface area contributed by atoms with Crippen molar-refractivity contribution in [2.45, 2.75) is 32.4 Å². The van der Waals surface area contributed by atoms with Crippen molar-refractivity contribution in [2.75, 3.05) is 19.6 Å². The van der Waals surface area contributed by atoms with E-state index in [1.54, 1.807) is 23.1 Å². The molecule has 1 aromatic heterocycles. The average molecular weight is 398 g/mol. The van der Waals surface area contributed by atoms with Crippen molar-refractivity contribution in [3.05, 3.63) is 32.9 Å². The first-order chi connectivity index (χ1) is 12.5. The van der Waals surface area contributed by atoms with Crippen LogP contribution in [0.4, 0.5) is 4.79 Å². The number of likely N-dealkylation sites (tertiary alicyclic amines) is 1. The molecule has 7 nitrogen and oxygen atoms in total. The summed E-state index contributed by atoms with van der Waals surface area (Å²) >= 11 is 7.04. The van der Waals surface area contributed by atoms with E-state index in [1.807, 2.05) is 6.92 Å². The normalized spacial score (nSPS) is 15.2. The molecule has 0 spiro atoms. The highest BCUT2D eigenvalue weighted by Crippen LogP contribution is 2.22. The minimum atomic E-state index is -0.424. The van der Waals surface area contributed by atoms with Crippen LogP contribution in [0, 0.1) is 0 Å². The molecule has 1 aromatic carbocycles. The number of carbonyl (C=O) groups is 2. The van der Waals surface area contributed by atoms with Crippen LogP contribution in [0.1, 0.15) is 19.8 Å². The van der Waals surface area contributed by atoms with Crippen LogP contribution in [0.5, 0.6) is 0 Å². The Morgan fingerprint density at radius 3 is 2.77 bits per heavy atom. The first kappa shape index (κ1) is 18.7. The number of fused-ring (bicyclic) bond motifs is 1. The van der Waals surface area contributed by atoms with Crippen LogP contribution in [0.2, 0.25) is 5.02 Å². The quantitative estimate of drug-likeness (QED) is 0.859. The molecule has 1 aliphatic heterocycles. The maximum atomic E-state index is 12.6. The molecule has 0 radical (unpaired) electrons. The Balaban J connectivity index is 1.61. The highest BCUT2D eigenvalue weighted by atomic mass is 35.5. The molecule has 1 aliphatic rings. The molecule has 0 aliphatic carbocycles. The summed E-state index contributed by atoms with van der Waals surface area (Å²) in [6.45, 7) is 3.36. The second-order valence-corrected chi connectivity index (χ2v) is 7.51. The Hall–Kier alpha value is -2.06. The zero-order valence-corrected chi connectivity index (χ0v) is 15.9. The molecule has 140 valence electrons. The van der Waals surface area contributed by atoms with Gasteiger partial charge in [0, 0.05) is 37.5 Å². The smallest absolute Gasteiger partial charge is 0.407 e. The van der Waals surface area contributed by atoms with Crippen molar-refractivity contribution in [3.63, 3.8) is 0 Å². The molecule has 0 unspecified atom stereocenters. The first-order valence-corrected chi connectivity index (χ1v) is 9.68. The maximum absolute atomic E-state index is 12.6. The fourth-order valence-electron chi connectivity index (χ4n) is 2.99. The van der Waals surface area contributed by atoms with E-state index in [1.165, 1.54) is 4.57 Å². The maximum Gasteiger partial charge on any atom is 0.407 e. The van der Waals surface area contributed by atoms with Crippen LogP contribution in [-0.2, 0) is 16.1 Å². The van der Waals surface area contributed by atoms with E-state index in [2.05, 4.69) is 5.32 Å². The van der Waals surface area contributed by atoms with E-state index < -0.39 is 6.09 Å². The van der Waals surface area contributed by atoms with Crippen molar-refractivity contribution in [2.24, 2.45) is 0 Å². The highest BCUT2D eigenvalue weighted by Gasteiger charge is 2.25. The lowest BCUT2D eigenvalue weighted by Gasteiger charge is -2.31. The van der Waals surface area contributed by atoms with E-state index in [9.17, 15) is 14.4 Å². The van der Waals surface area contributed by atoms with E-state index in [0.717, 1.165) is 16.0 Å². The van der Waals surface area contributed by atoms with Gasteiger partial charge in [0.15, 0.2) is 0 Å². The molecule has 0 saturated carbocycles. The summed E-state index contributed by atoms with van der Waals surface area (Å²) < 4.78 is 7.55. The van der Waals surface area contributed by atoms with Gasteiger partial charge in [-0.1, -0.05) is 22.9 Å². The van der Waals surface area contributed by atoms with E-state index in [4.69, 9.17) is 16.3 Å². The third-order valence-electron chi connectivity index (χ3n) is 4.31. The lowest BCUT2D eigenvalue weighted by molar-refractivity contribution is -0.133. The van der Waals surface area contributed by atoms with Gasteiger partial charge in [-0.2, -0.15) is 0 Å². The third-order valence-corrected chi connectivity index (χ3v) is 5.49. The molecular formula is C17H20ClN3O4S. The minimum absolute atomic E-state index is 0.00229. The number of thiazole rings is 1. The van der Waals surface area contributed by atoms with Gasteiger partial charge in [-0.3, -0.25) is 14.2 Å². The number of carbonyl (C=O) groups excluding carboxylic acids is 2. The standard InChI is InChI=1S/C17H20ClN3O4S/c1-2-19-16(23)25-12-5-7-20(8-6-12)15(22)10-21-13-4-3-11(18)9-14(13)26-17(21)24/h3-4,9,12H,2,5-8,10H2,1H3,(H,19,23). The van der Waals surface area contributed by atoms with Crippen molar-refractivity contribution in [1.29, 1.82) is 0 Å². The minimum Gasteiger partial charge on any atom is -0.446 e. The third kappa shape index (κ3) is 4.19. The Morgan fingerprint density at radius 2 is 2.08 bits per heavy atom. The molecule has 2 heterocycles. The summed E-state index contributed by atoms with van der Waals surface area (Å²) in [6.07, 6.45) is 0.583. The number of hydrogen-bond acceptors (Lipinski definition) is 5. The van der Waals surface area contributed by atoms with Crippen LogP contribution >= 0.6 is 22.9 Å². The highest BCUT2D eigenvalue weighted by molar-refractivity contribution is 7.16. The topological polar surface area (TPSA) is 80.6 Å². The van der Waals surface area contributed by atoms with Crippen LogP contribution in [0.15, 0.2) is 23.0 Å². The summed E-state index contributed by atoms with van der Waals surface area (Å²) in [5, 5.41) is 3.16. The fraction of sp³-hybridized carbons (Fsp3) is 0.471. The Kier molecular flexibility index (Phi) is 5.83. The summed E-state index contributed by atoms with van der Waals surface area (Å²) in [6, 6.07) is 5.20. The summed E-state index contributed by atoms with van der Waals surface area (Å²) in [4.78, 5) is 37.8. The molecule has 1 N–H and O–H groups in total. The van der Waals surface area contributed by atoms with Gasteiger partial charge in [0.1, 0.15) is 12.6 Å². The van der Waals surface area contributed by atoms with E-state index >= 15 is 0 Å². The van der Waals surface area contributed by atoms with E-state index in [-0.39, 0.29) is 23.4 Å². The lowest BCUT2D eigenvalue weighted by atomic mass is 10.1. The number of hydrogen-bond donors (Lipinski definition) is 1. The monoisotopic (exact) mass is 397 g/mol. The van der Waals surface area contributed by atoms with Gasteiger partial charge in [-0.25, -0.2) is 4.79 Å². The number of aromatic nitrogens is 1. The van der Waals surface area contributed by atoms with Crippen LogP contribution in [-0.4, -0.2) is 47.2 Å². The zero-order valence-electron chi connectivity index (χ0n) is 14.4. The number of halogens is 1. The molecule has 2 amide bonds. The van der Waals surface area contributed by atoms with Gasteiger partial charge < -0.3 is 15.0 Å². The molecule has 9 heteroatoms. The Labute approximate surface area is 159 Å². The molecule has 0 atom stereocenters. The fourth-order valence-corrected chi connectivity index (χ4v) is 4.15. The lowest BCUT2D eigenvalue weighted by Crippen LogP contribution is -2.44. The van der Waals surface area contributed by atoms with Crippen molar-refractivity contribution < 1.29 is 14.3 Å². The SMILES string of the molecule is CCNC(=O)OC1CCN(C(=O)Cn2c(=O)sc3cc(Cl)ccc32)CC1. The van der Waals surface area contributed by atoms with Gasteiger partial charge in [0.25, 0.3) is 0 Å². The second kappa shape index (κ2) is 8.09. The first-order valence-electron chi connectivity index (χ1n) is 8.49. The predicted molar refractivity (Wildman–Crippen MR) is 101 cm³/mol. The summed E-state index contributed by atoms with van der Waals surface area (Å²) in [7, 11) is 0. The number of nitrogens with one attached hydrogen (secondary N) is 1. The van der Waals surface area contributed by atoms with Gasteiger partial charge in [-0.15, -0.1) is 0 Å². The van der Waals surface area contributed by atoms with Crippen LogP contribution < -0.4 is 10.2 Å². The van der Waals surface area contributed by atoms with Crippen LogP contribution in [0.25, 0.3) is 10.2 Å². The second-order valence-electron chi connectivity index (χ2n) is 6.08. The number of rotatable bonds is 4. The number of ether oxygens (including phenoxy) is 1. The predicted octanol–water partition coefficient (Wildman–Crippen LogP) is 2.45. The number of nitrogens with zero attached hydrogens (tertiary/aromatic N) is 2. The number of amides is 2. The largest absolute Gasteiger partial charge is 0.446 e. The van der Waals surface area contributed by atoms with Gasteiger partial charge >= 0.3 is 11.0 Å². The molecule has 3 rings (SSSR count). The van der Waals surface area contributed by atoms with Crippen molar-refractivity contribution in [1.82, 2.24) is 14.8 Å². The molecule has 2 aromatic rings. The Bertz CT molecular complexity index is 871. The average Bonchev–Trinajstić information content (AvgIpc) is 2.90.